The van der Waals surface area contributed by atoms with E-state index in [-0.39, 0.29) is 25.7 Å². The molecule has 2 unspecified atom stereocenters. The number of aliphatic hydroxyl groups excluding tert-OH is 1. The molecule has 0 rings (SSSR count). The molecule has 0 spiro atoms. The average molecular weight is 1200 g/mol. The minimum atomic E-state index is -4.94. The van der Waals surface area contributed by atoms with Crippen LogP contribution >= 0.6 is 15.6 Å². The van der Waals surface area contributed by atoms with Crippen molar-refractivity contribution in [3.63, 3.8) is 0 Å². The Hall–Kier alpha value is -1.94. The molecule has 5 atom stereocenters. The van der Waals surface area contributed by atoms with Crippen LogP contribution in [0.25, 0.3) is 0 Å². The maximum atomic E-state index is 12.9. The van der Waals surface area contributed by atoms with E-state index in [2.05, 4.69) is 27.7 Å². The molecule has 0 aliphatic carbocycles. The van der Waals surface area contributed by atoms with Crippen molar-refractivity contribution < 1.29 is 80.2 Å². The first-order valence-corrected chi connectivity index (χ1v) is 35.8. The molecule has 0 radical (unpaired) electrons. The maximum Gasteiger partial charge on any atom is 0.472 e. The summed E-state index contributed by atoms with van der Waals surface area (Å²) in [4.78, 5) is 71.6. The normalized spacial score (nSPS) is 14.2. The molecule has 0 aromatic carbocycles. The number of phosphoric acid groups is 2. The second-order valence-corrected chi connectivity index (χ2v) is 25.4. The van der Waals surface area contributed by atoms with Crippen LogP contribution in [0.5, 0.6) is 0 Å². The summed E-state index contributed by atoms with van der Waals surface area (Å²) < 4.78 is 67.5. The van der Waals surface area contributed by atoms with Crippen LogP contribution in [0.2, 0.25) is 0 Å². The number of aliphatic hydroxyl groups is 1. The van der Waals surface area contributed by atoms with Crippen molar-refractivity contribution in [1.29, 1.82) is 0 Å². The zero-order valence-corrected chi connectivity index (χ0v) is 53.5. The first kappa shape index (κ1) is 79.1. The standard InChI is InChI=1S/C62H120O17P2/c1-5-9-13-17-20-22-23-24-25-26-27-28-29-30-31-32-33-34-37-41-45-49-62(67)79-58(53-73-60(65)47-43-39-36-21-18-14-10-6-2)55-77-81(70,71)75-51-56(63)50-74-80(68,69)76-54-57(52-72-59(64)46-42-38-16-12-8-4)78-61(66)48-44-40-35-19-15-11-7-3/h56-58,63H,5-55H2,1-4H3,(H,68,69)(H,70,71)/t56-,57+,58+/m0/s1. The summed E-state index contributed by atoms with van der Waals surface area (Å²) >= 11 is 0. The Labute approximate surface area is 492 Å². The number of carbonyl (C=O) groups is 4. The van der Waals surface area contributed by atoms with Crippen LogP contribution in [-0.4, -0.2) is 96.7 Å². The number of rotatable bonds is 63. The van der Waals surface area contributed by atoms with E-state index in [4.69, 9.17) is 37.0 Å². The van der Waals surface area contributed by atoms with Gasteiger partial charge in [0.2, 0.25) is 0 Å². The van der Waals surface area contributed by atoms with Crippen LogP contribution in [-0.2, 0) is 65.4 Å². The lowest BCUT2D eigenvalue weighted by Gasteiger charge is -2.21. The van der Waals surface area contributed by atoms with Gasteiger partial charge in [-0.05, 0) is 25.7 Å². The van der Waals surface area contributed by atoms with Crippen LogP contribution in [0, 0.1) is 0 Å². The molecule has 0 aromatic rings. The van der Waals surface area contributed by atoms with Crippen LogP contribution < -0.4 is 0 Å². The summed E-state index contributed by atoms with van der Waals surface area (Å²) in [5, 5.41) is 10.5. The zero-order chi connectivity index (χ0) is 59.8. The topological polar surface area (TPSA) is 237 Å². The number of hydrogen-bond acceptors (Lipinski definition) is 15. The molecular weight excluding hydrogens is 1080 g/mol. The molecular formula is C62H120O17P2. The Morgan fingerprint density at radius 1 is 0.296 bits per heavy atom. The van der Waals surface area contributed by atoms with E-state index in [9.17, 15) is 43.2 Å². The molecule has 0 aliphatic rings. The minimum Gasteiger partial charge on any atom is -0.462 e. The molecule has 19 heteroatoms. The summed E-state index contributed by atoms with van der Waals surface area (Å²) in [6, 6.07) is 0. The summed E-state index contributed by atoms with van der Waals surface area (Å²) in [6.45, 7) is 4.71. The van der Waals surface area contributed by atoms with Crippen LogP contribution in [0.15, 0.2) is 0 Å². The Bertz CT molecular complexity index is 1570. The van der Waals surface area contributed by atoms with Gasteiger partial charge in [-0.15, -0.1) is 0 Å². The molecule has 0 fully saturated rings. The van der Waals surface area contributed by atoms with Crippen molar-refractivity contribution in [2.45, 2.75) is 335 Å². The molecule has 0 amide bonds. The van der Waals surface area contributed by atoms with Gasteiger partial charge in [-0.1, -0.05) is 265 Å². The predicted molar refractivity (Wildman–Crippen MR) is 322 cm³/mol. The van der Waals surface area contributed by atoms with E-state index in [0.717, 1.165) is 116 Å². The molecule has 0 saturated heterocycles. The van der Waals surface area contributed by atoms with Gasteiger partial charge in [0.05, 0.1) is 26.4 Å². The molecule has 17 nitrogen and oxygen atoms in total. The fraction of sp³-hybridized carbons (Fsp3) is 0.935. The minimum absolute atomic E-state index is 0.103. The van der Waals surface area contributed by atoms with Gasteiger partial charge in [-0.2, -0.15) is 0 Å². The Kier molecular flexibility index (Phi) is 55.8. The van der Waals surface area contributed by atoms with Crippen molar-refractivity contribution in [1.82, 2.24) is 0 Å². The fourth-order valence-corrected chi connectivity index (χ4v) is 10.9. The number of hydrogen-bond donors (Lipinski definition) is 3. The van der Waals surface area contributed by atoms with Gasteiger partial charge in [0.1, 0.15) is 19.3 Å². The lowest BCUT2D eigenvalue weighted by atomic mass is 10.0. The SMILES string of the molecule is CCCCCCCCCCCCCCCCCCCCCCCC(=O)O[C@H](COC(=O)CCCCCCCCCC)COP(=O)(O)OC[C@@H](O)COP(=O)(O)OC[C@@H](COC(=O)CCCCCCC)OC(=O)CCCCCCCCC. The molecule has 480 valence electrons. The highest BCUT2D eigenvalue weighted by Gasteiger charge is 2.30. The van der Waals surface area contributed by atoms with E-state index >= 15 is 0 Å². The third-order valence-electron chi connectivity index (χ3n) is 14.4. The number of unbranched alkanes of at least 4 members (excludes halogenated alkanes) is 37. The van der Waals surface area contributed by atoms with Crippen molar-refractivity contribution in [3.8, 4) is 0 Å². The predicted octanol–water partition coefficient (Wildman–Crippen LogP) is 17.2. The Morgan fingerprint density at radius 3 is 0.728 bits per heavy atom. The van der Waals surface area contributed by atoms with Gasteiger partial charge < -0.3 is 33.8 Å². The zero-order valence-electron chi connectivity index (χ0n) is 51.7. The Morgan fingerprint density at radius 2 is 0.494 bits per heavy atom. The molecule has 81 heavy (non-hydrogen) atoms. The summed E-state index contributed by atoms with van der Waals surface area (Å²) in [5.74, 6) is -2.15. The monoisotopic (exact) mass is 1200 g/mol. The van der Waals surface area contributed by atoms with Gasteiger partial charge in [-0.25, -0.2) is 9.13 Å². The largest absolute Gasteiger partial charge is 0.472 e. The third kappa shape index (κ3) is 56.9. The van der Waals surface area contributed by atoms with E-state index in [1.165, 1.54) is 122 Å². The van der Waals surface area contributed by atoms with Gasteiger partial charge in [0, 0.05) is 25.7 Å². The van der Waals surface area contributed by atoms with Gasteiger partial charge in [-0.3, -0.25) is 37.3 Å². The van der Waals surface area contributed by atoms with Gasteiger partial charge in [0.25, 0.3) is 0 Å². The molecule has 0 saturated carbocycles. The molecule has 0 aromatic heterocycles. The van der Waals surface area contributed by atoms with Crippen molar-refractivity contribution in [3.05, 3.63) is 0 Å². The summed E-state index contributed by atoms with van der Waals surface area (Å²) in [5.41, 5.74) is 0. The summed E-state index contributed by atoms with van der Waals surface area (Å²) in [6.07, 6.45) is 42.5. The second-order valence-electron chi connectivity index (χ2n) is 22.4. The number of carbonyl (C=O) groups excluding carboxylic acids is 4. The van der Waals surface area contributed by atoms with E-state index < -0.39 is 97.5 Å². The summed E-state index contributed by atoms with van der Waals surface area (Å²) in [7, 11) is -9.86. The van der Waals surface area contributed by atoms with Crippen LogP contribution in [0.4, 0.5) is 0 Å². The number of ether oxygens (including phenoxy) is 4. The fourth-order valence-electron chi connectivity index (χ4n) is 9.28. The van der Waals surface area contributed by atoms with Gasteiger partial charge in [0.15, 0.2) is 12.2 Å². The van der Waals surface area contributed by atoms with Crippen molar-refractivity contribution in [2.24, 2.45) is 0 Å². The third-order valence-corrected chi connectivity index (χ3v) is 16.3. The van der Waals surface area contributed by atoms with Crippen molar-refractivity contribution >= 4 is 39.5 Å². The first-order valence-electron chi connectivity index (χ1n) is 32.8. The average Bonchev–Trinajstić information content (AvgIpc) is 3.44. The molecule has 3 N–H and O–H groups in total. The second kappa shape index (κ2) is 57.2. The first-order chi connectivity index (χ1) is 39.2. The van der Waals surface area contributed by atoms with E-state index in [0.29, 0.717) is 25.7 Å². The lowest BCUT2D eigenvalue weighted by Crippen LogP contribution is -2.30. The van der Waals surface area contributed by atoms with Crippen LogP contribution in [0.1, 0.15) is 317 Å². The van der Waals surface area contributed by atoms with Crippen LogP contribution in [0.3, 0.4) is 0 Å². The highest BCUT2D eigenvalue weighted by molar-refractivity contribution is 7.47. The van der Waals surface area contributed by atoms with Crippen molar-refractivity contribution in [2.75, 3.05) is 39.6 Å². The molecule has 0 aliphatic heterocycles. The highest BCUT2D eigenvalue weighted by Crippen LogP contribution is 2.45. The maximum absolute atomic E-state index is 12.9. The van der Waals surface area contributed by atoms with E-state index in [1.54, 1.807) is 0 Å². The number of esters is 4. The van der Waals surface area contributed by atoms with E-state index in [1.807, 2.05) is 0 Å². The highest BCUT2D eigenvalue weighted by atomic mass is 31.2. The smallest absolute Gasteiger partial charge is 0.462 e. The lowest BCUT2D eigenvalue weighted by molar-refractivity contribution is -0.161. The van der Waals surface area contributed by atoms with Gasteiger partial charge >= 0.3 is 39.5 Å². The molecule has 0 heterocycles. The quantitative estimate of drug-likeness (QED) is 0.0222. The Balaban J connectivity index is 5.00. The number of phosphoric ester groups is 2. The molecule has 0 bridgehead atoms.